The number of unbranched alkanes of at least 4 members (excludes halogenated alkanes) is 45. The summed E-state index contributed by atoms with van der Waals surface area (Å²) in [6.07, 6.45) is 86.7. The van der Waals surface area contributed by atoms with Crippen molar-refractivity contribution in [1.29, 1.82) is 0 Å². The van der Waals surface area contributed by atoms with E-state index in [4.69, 9.17) is 38.6 Å². The first kappa shape index (κ1) is 98.8. The number of allylic oxidation sites excluding steroid dienone is 8. The zero-order valence-electron chi connectivity index (χ0n) is 68.6. The molecule has 2 atom stereocenters. The molecule has 2 unspecified atom stereocenters. The Balaban J connectivity index is 0.00000106. The molecule has 0 radical (unpaired) electrons. The summed E-state index contributed by atoms with van der Waals surface area (Å²) in [7, 11) is 3.34. The number of ether oxygens (including phenoxy) is 6. The number of carboxylic acid groups (broad SMARTS) is 2. The van der Waals surface area contributed by atoms with Crippen LogP contribution in [0.2, 0.25) is 0 Å². The van der Waals surface area contributed by atoms with E-state index in [-0.39, 0.29) is 25.2 Å². The molecule has 106 heavy (non-hydrogen) atoms. The fourth-order valence-corrected chi connectivity index (χ4v) is 13.3. The van der Waals surface area contributed by atoms with E-state index in [0.29, 0.717) is 44.8 Å². The van der Waals surface area contributed by atoms with Crippen molar-refractivity contribution in [3.8, 4) is 11.5 Å². The largest absolute Gasteiger partial charge is 0.497 e. The van der Waals surface area contributed by atoms with Gasteiger partial charge in [0.2, 0.25) is 0 Å². The highest BCUT2D eigenvalue weighted by Crippen LogP contribution is 2.23. The van der Waals surface area contributed by atoms with Crippen LogP contribution in [-0.2, 0) is 51.3 Å². The zero-order valence-corrected chi connectivity index (χ0v) is 68.6. The second-order valence-corrected chi connectivity index (χ2v) is 30.1. The average molecular weight is 1480 g/mol. The summed E-state index contributed by atoms with van der Waals surface area (Å²) in [5.74, 6) is 0.493. The van der Waals surface area contributed by atoms with Gasteiger partial charge in [0.15, 0.2) is 6.10 Å². The number of methoxy groups -OCH3 is 2. The molecule has 0 saturated heterocycles. The lowest BCUT2D eigenvalue weighted by Gasteiger charge is -2.18. The van der Waals surface area contributed by atoms with Crippen LogP contribution in [0, 0.1) is 5.92 Å². The van der Waals surface area contributed by atoms with Crippen LogP contribution in [0.1, 0.15) is 404 Å². The van der Waals surface area contributed by atoms with Crippen LogP contribution in [0.4, 0.5) is 0 Å². The molecule has 0 aliphatic heterocycles. The maximum absolute atomic E-state index is 12.7. The molecule has 2 aromatic rings. The fourth-order valence-electron chi connectivity index (χ4n) is 13.3. The first-order valence-corrected chi connectivity index (χ1v) is 43.9. The number of carbonyl (C=O) groups excluding carboxylic acids is 2. The summed E-state index contributed by atoms with van der Waals surface area (Å²) in [5.41, 5.74) is 2.20. The van der Waals surface area contributed by atoms with Crippen LogP contribution in [0.15, 0.2) is 97.1 Å². The molecule has 0 bridgehead atoms. The molecule has 2 aromatic carbocycles. The van der Waals surface area contributed by atoms with Gasteiger partial charge in [0.25, 0.3) is 0 Å². The highest BCUT2D eigenvalue weighted by molar-refractivity contribution is 5.70. The van der Waals surface area contributed by atoms with E-state index in [1.807, 2.05) is 36.4 Å². The Morgan fingerprint density at radius 1 is 0.311 bits per heavy atom. The van der Waals surface area contributed by atoms with Gasteiger partial charge in [0.1, 0.15) is 18.1 Å². The summed E-state index contributed by atoms with van der Waals surface area (Å²) in [6, 6.07) is 15.9. The van der Waals surface area contributed by atoms with Gasteiger partial charge >= 0.3 is 23.9 Å². The van der Waals surface area contributed by atoms with Crippen molar-refractivity contribution in [2.45, 2.75) is 412 Å². The SMILES string of the molecule is CCCCCCCC/C=C\CCCCCCCC(=O)OCC(COCc1ccc(OC)cc1)OC(=O)CCCCCCC/C=C\CCCCCCCC.COc1ccc(COCC(CCCCCCCC/C=C\CCCCCCCC(=O)O)CCCCCCCCC/C=C\CCCCCCCC(=O)O)cc1. The van der Waals surface area contributed by atoms with Crippen LogP contribution in [0.3, 0.4) is 0 Å². The number of rotatable bonds is 78. The monoisotopic (exact) mass is 1480 g/mol. The highest BCUT2D eigenvalue weighted by atomic mass is 16.6. The first-order chi connectivity index (χ1) is 52.1. The molecule has 2 rings (SSSR count). The van der Waals surface area contributed by atoms with Gasteiger partial charge in [-0.2, -0.15) is 0 Å². The van der Waals surface area contributed by atoms with Gasteiger partial charge in [-0.1, -0.05) is 299 Å². The Kier molecular flexibility index (Phi) is 74.0. The molecule has 0 spiro atoms. The summed E-state index contributed by atoms with van der Waals surface area (Å²) >= 11 is 0. The van der Waals surface area contributed by atoms with Gasteiger partial charge in [-0.05, 0) is 183 Å². The van der Waals surface area contributed by atoms with E-state index in [2.05, 4.69) is 74.6 Å². The molecule has 2 N–H and O–H groups in total. The summed E-state index contributed by atoms with van der Waals surface area (Å²) < 4.78 is 34.0. The third-order valence-corrected chi connectivity index (χ3v) is 20.1. The Hall–Kier alpha value is -5.20. The first-order valence-electron chi connectivity index (χ1n) is 43.9. The summed E-state index contributed by atoms with van der Waals surface area (Å²) in [4.78, 5) is 46.3. The molecule has 608 valence electrons. The van der Waals surface area contributed by atoms with Gasteiger partial charge in [0.05, 0.1) is 34.0 Å². The molecule has 0 heterocycles. The Morgan fingerprint density at radius 3 is 0.877 bits per heavy atom. The lowest BCUT2D eigenvalue weighted by Crippen LogP contribution is -2.29. The van der Waals surface area contributed by atoms with Crippen LogP contribution in [0.25, 0.3) is 0 Å². The minimum Gasteiger partial charge on any atom is -0.497 e. The molecule has 0 amide bonds. The van der Waals surface area contributed by atoms with Crippen LogP contribution >= 0.6 is 0 Å². The third-order valence-electron chi connectivity index (χ3n) is 20.1. The lowest BCUT2D eigenvalue weighted by molar-refractivity contribution is -0.163. The highest BCUT2D eigenvalue weighted by Gasteiger charge is 2.18. The number of aliphatic carboxylic acids is 2. The van der Waals surface area contributed by atoms with Crippen molar-refractivity contribution in [3.05, 3.63) is 108 Å². The average Bonchev–Trinajstić information content (AvgIpc) is 0.929. The van der Waals surface area contributed by atoms with Crippen LogP contribution in [0.5, 0.6) is 11.5 Å². The van der Waals surface area contributed by atoms with Crippen molar-refractivity contribution in [3.63, 3.8) is 0 Å². The molecule has 0 aliphatic carbocycles. The van der Waals surface area contributed by atoms with Crippen molar-refractivity contribution in [2.24, 2.45) is 5.92 Å². The van der Waals surface area contributed by atoms with Crippen molar-refractivity contribution >= 4 is 23.9 Å². The number of carbonyl (C=O) groups is 4. The number of hydrogen-bond acceptors (Lipinski definition) is 10. The predicted molar refractivity (Wildman–Crippen MR) is 445 cm³/mol. The van der Waals surface area contributed by atoms with Crippen LogP contribution in [-0.4, -0.2) is 74.2 Å². The molecule has 0 aromatic heterocycles. The number of esters is 2. The summed E-state index contributed by atoms with van der Waals surface area (Å²) in [6.45, 7) is 6.63. The quantitative estimate of drug-likeness (QED) is 0.0366. The predicted octanol–water partition coefficient (Wildman–Crippen LogP) is 27.9. The number of benzene rings is 2. The molecule has 0 saturated carbocycles. The van der Waals surface area contributed by atoms with E-state index in [9.17, 15) is 19.2 Å². The molecule has 0 fully saturated rings. The van der Waals surface area contributed by atoms with Crippen molar-refractivity contribution < 1.29 is 57.8 Å². The minimum atomic E-state index is -0.674. The fraction of sp³-hybridized carbons (Fsp3) is 0.745. The van der Waals surface area contributed by atoms with E-state index < -0.39 is 18.0 Å². The lowest BCUT2D eigenvalue weighted by atomic mass is 9.94. The smallest absolute Gasteiger partial charge is 0.306 e. The molecular weight excluding hydrogens is 1320 g/mol. The molecule has 12 nitrogen and oxygen atoms in total. The maximum Gasteiger partial charge on any atom is 0.306 e. The third kappa shape index (κ3) is 71.7. The van der Waals surface area contributed by atoms with E-state index >= 15 is 0 Å². The standard InChI is InChI=1S/2C47H80O6/c1-4-6-8-10-12-14-16-18-20-22-24-26-28-30-32-34-46(48)52-42-45(41-51-40-43-36-38-44(50-3)39-37-43)53-47(49)35-33-31-29-27-25-23-21-19-17-15-13-11-9-7-5-2;1-52-45-39-37-44(38-40-45)42-53-41-43(34-30-26-22-18-14-10-6-4-8-12-16-20-24-28-32-36-47(50)51)33-29-25-21-17-13-9-5-2-3-7-11-15-19-23-27-31-35-46(48)49/h18-21,36-39,45H,4-17,22-35,40-42H2,1-3H3;3-4,7-8,37-40,43H,2,5-6,9-36,41-42H2,1H3,(H,48,49)(H,50,51)/b20-18-,21-19-;7-3-,8-4-. The van der Waals surface area contributed by atoms with Crippen molar-refractivity contribution in [1.82, 2.24) is 0 Å². The summed E-state index contributed by atoms with van der Waals surface area (Å²) in [5, 5.41) is 17.4. The second kappa shape index (κ2) is 79.4. The molecule has 12 heteroatoms. The maximum atomic E-state index is 12.7. The van der Waals surface area contributed by atoms with E-state index in [1.165, 1.54) is 256 Å². The molecular formula is C94H160O12. The molecule has 0 aliphatic rings. The Morgan fingerprint density at radius 2 is 0.575 bits per heavy atom. The number of hydrogen-bond donors (Lipinski definition) is 2. The van der Waals surface area contributed by atoms with Gasteiger partial charge in [-0.15, -0.1) is 0 Å². The van der Waals surface area contributed by atoms with E-state index in [1.54, 1.807) is 14.2 Å². The normalized spacial score (nSPS) is 12.2. The topological polar surface area (TPSA) is 164 Å². The Bertz CT molecular complexity index is 2360. The van der Waals surface area contributed by atoms with Gasteiger partial charge in [-0.3, -0.25) is 19.2 Å². The van der Waals surface area contributed by atoms with Crippen molar-refractivity contribution in [2.75, 3.05) is 34.0 Å². The van der Waals surface area contributed by atoms with Gasteiger partial charge < -0.3 is 38.6 Å². The van der Waals surface area contributed by atoms with Crippen LogP contribution < -0.4 is 9.47 Å². The second-order valence-electron chi connectivity index (χ2n) is 30.1. The van der Waals surface area contributed by atoms with E-state index in [0.717, 1.165) is 126 Å². The van der Waals surface area contributed by atoms with Gasteiger partial charge in [-0.25, -0.2) is 0 Å². The zero-order chi connectivity index (χ0) is 76.6. The number of carboxylic acids is 2. The van der Waals surface area contributed by atoms with Gasteiger partial charge in [0, 0.05) is 32.3 Å². The minimum absolute atomic E-state index is 0.0185. The Labute approximate surface area is 650 Å².